The van der Waals surface area contributed by atoms with Crippen LogP contribution < -0.4 is 25.7 Å². The van der Waals surface area contributed by atoms with Gasteiger partial charge in [-0.3, -0.25) is 4.79 Å². The van der Waals surface area contributed by atoms with Crippen molar-refractivity contribution in [1.29, 1.82) is 0 Å². The lowest BCUT2D eigenvalue weighted by molar-refractivity contribution is -0.134. The molecule has 0 saturated heterocycles. The van der Waals surface area contributed by atoms with E-state index in [1.54, 1.807) is 48.5 Å². The maximum Gasteiger partial charge on any atom is 0.338 e. The molecule has 0 spiro atoms. The molecule has 0 aliphatic heterocycles. The Hall–Kier alpha value is -4.79. The maximum atomic E-state index is 12.2. The Balaban J connectivity index is 1.17. The van der Waals surface area contributed by atoms with Crippen molar-refractivity contribution in [3.8, 4) is 17.2 Å². The van der Waals surface area contributed by atoms with E-state index < -0.39 is 5.97 Å². The summed E-state index contributed by atoms with van der Waals surface area (Å²) in [6.07, 6.45) is 15.1. The molecule has 0 radical (unpaired) electrons. The number of ether oxygens (including phenoxy) is 4. The van der Waals surface area contributed by atoms with Crippen molar-refractivity contribution in [1.82, 2.24) is 0 Å². The summed E-state index contributed by atoms with van der Waals surface area (Å²) >= 11 is 0. The van der Waals surface area contributed by atoms with Crippen LogP contribution in [0.2, 0.25) is 0 Å². The molecule has 3 aromatic rings. The van der Waals surface area contributed by atoms with Crippen molar-refractivity contribution in [2.45, 2.75) is 84.0 Å². The van der Waals surface area contributed by atoms with Gasteiger partial charge in [-0.1, -0.05) is 70.4 Å². The molecule has 0 amide bonds. The molecule has 3 rings (SSSR count). The van der Waals surface area contributed by atoms with Gasteiger partial charge in [0.25, 0.3) is 0 Å². The van der Waals surface area contributed by atoms with E-state index in [4.69, 9.17) is 30.4 Å². The van der Waals surface area contributed by atoms with Crippen LogP contribution in [-0.2, 0) is 14.3 Å². The Labute approximate surface area is 278 Å². The van der Waals surface area contributed by atoms with Gasteiger partial charge in [0.05, 0.1) is 18.8 Å². The lowest BCUT2D eigenvalue weighted by atomic mass is 10.1. The summed E-state index contributed by atoms with van der Waals surface area (Å²) < 4.78 is 21.8. The fourth-order valence-corrected chi connectivity index (χ4v) is 4.74. The van der Waals surface area contributed by atoms with Crippen molar-refractivity contribution in [2.24, 2.45) is 0 Å². The Morgan fingerprint density at radius 1 is 0.638 bits per heavy atom. The minimum Gasteiger partial charge on any atom is -0.494 e. The van der Waals surface area contributed by atoms with Crippen LogP contribution in [0.4, 0.5) is 11.4 Å². The van der Waals surface area contributed by atoms with E-state index in [9.17, 15) is 14.4 Å². The number of nitrogen functional groups attached to an aromatic ring is 2. The molecule has 0 fully saturated rings. The number of esters is 3. The first kappa shape index (κ1) is 36.7. The van der Waals surface area contributed by atoms with Gasteiger partial charge in [0.15, 0.2) is 0 Å². The zero-order valence-corrected chi connectivity index (χ0v) is 27.4. The summed E-state index contributed by atoms with van der Waals surface area (Å²) in [4.78, 5) is 36.0. The smallest absolute Gasteiger partial charge is 0.338 e. The Morgan fingerprint density at radius 2 is 1.17 bits per heavy atom. The van der Waals surface area contributed by atoms with Crippen LogP contribution >= 0.6 is 0 Å². The first-order valence-corrected chi connectivity index (χ1v) is 16.6. The van der Waals surface area contributed by atoms with Gasteiger partial charge in [-0.2, -0.15) is 0 Å². The predicted octanol–water partition coefficient (Wildman–Crippen LogP) is 8.31. The molecule has 0 atom stereocenters. The second-order valence-corrected chi connectivity index (χ2v) is 11.4. The topological polar surface area (TPSA) is 140 Å². The monoisotopic (exact) mass is 644 g/mol. The van der Waals surface area contributed by atoms with Crippen LogP contribution in [0.25, 0.3) is 6.08 Å². The van der Waals surface area contributed by atoms with Gasteiger partial charge in [0.1, 0.15) is 17.2 Å². The summed E-state index contributed by atoms with van der Waals surface area (Å²) in [6, 6.07) is 18.7. The molecule has 9 nitrogen and oxygen atoms in total. The van der Waals surface area contributed by atoms with Crippen LogP contribution in [0.15, 0.2) is 72.8 Å². The summed E-state index contributed by atoms with van der Waals surface area (Å²) in [6.45, 7) is 3.08. The summed E-state index contributed by atoms with van der Waals surface area (Å²) in [5.41, 5.74) is 13.6. The summed E-state index contributed by atoms with van der Waals surface area (Å²) in [7, 11) is 0. The van der Waals surface area contributed by atoms with E-state index in [0.717, 1.165) is 56.3 Å². The average Bonchev–Trinajstić information content (AvgIpc) is 3.05. The Morgan fingerprint density at radius 3 is 1.77 bits per heavy atom. The molecular weight excluding hydrogens is 596 g/mol. The molecular formula is C38H48N2O7. The number of unbranched alkanes of at least 4 members (excludes halogenated alkanes) is 9. The van der Waals surface area contributed by atoms with Gasteiger partial charge in [0, 0.05) is 23.9 Å². The van der Waals surface area contributed by atoms with Crippen LogP contribution in [0, 0.1) is 0 Å². The SMILES string of the molecule is CCCCC(=O)Oc1ccc(OC(=O)C=Cc2ccc(OCCCCCCCCCCCOC(=O)c3cc(N)cc(N)c3)cc2)cc1. The highest BCUT2D eigenvalue weighted by Crippen LogP contribution is 2.20. The highest BCUT2D eigenvalue weighted by molar-refractivity contribution is 5.91. The molecule has 47 heavy (non-hydrogen) atoms. The highest BCUT2D eigenvalue weighted by atomic mass is 16.5. The number of hydrogen-bond acceptors (Lipinski definition) is 9. The molecule has 0 aromatic heterocycles. The van der Waals surface area contributed by atoms with E-state index >= 15 is 0 Å². The van der Waals surface area contributed by atoms with Crippen LogP contribution in [-0.4, -0.2) is 31.1 Å². The average molecular weight is 645 g/mol. The molecule has 0 aliphatic carbocycles. The molecule has 4 N–H and O–H groups in total. The van der Waals surface area contributed by atoms with Crippen LogP contribution in [0.5, 0.6) is 17.2 Å². The predicted molar refractivity (Wildman–Crippen MR) is 185 cm³/mol. The van der Waals surface area contributed by atoms with Gasteiger partial charge < -0.3 is 30.4 Å². The third-order valence-corrected chi connectivity index (χ3v) is 7.30. The first-order valence-electron chi connectivity index (χ1n) is 16.6. The second kappa shape index (κ2) is 21.1. The zero-order valence-electron chi connectivity index (χ0n) is 27.4. The van der Waals surface area contributed by atoms with Crippen molar-refractivity contribution in [3.63, 3.8) is 0 Å². The van der Waals surface area contributed by atoms with Crippen molar-refractivity contribution in [3.05, 3.63) is 83.9 Å². The third-order valence-electron chi connectivity index (χ3n) is 7.30. The van der Waals surface area contributed by atoms with Crippen LogP contribution in [0.3, 0.4) is 0 Å². The molecule has 9 heteroatoms. The quantitative estimate of drug-likeness (QED) is 0.0385. The highest BCUT2D eigenvalue weighted by Gasteiger charge is 2.09. The zero-order chi connectivity index (χ0) is 33.7. The van der Waals surface area contributed by atoms with E-state index in [1.165, 1.54) is 31.8 Å². The minimum absolute atomic E-state index is 0.274. The fraction of sp³-hybridized carbons (Fsp3) is 0.395. The molecule has 3 aromatic carbocycles. The Bertz CT molecular complexity index is 1400. The third kappa shape index (κ3) is 15.4. The van der Waals surface area contributed by atoms with Gasteiger partial charge in [-0.15, -0.1) is 0 Å². The van der Waals surface area contributed by atoms with Crippen LogP contribution in [0.1, 0.15) is 99.9 Å². The van der Waals surface area contributed by atoms with Gasteiger partial charge in [-0.25, -0.2) is 9.59 Å². The number of benzene rings is 3. The molecule has 0 bridgehead atoms. The summed E-state index contributed by atoms with van der Waals surface area (Å²) in [5.74, 6) is 0.420. The lowest BCUT2D eigenvalue weighted by Crippen LogP contribution is -2.07. The van der Waals surface area contributed by atoms with Gasteiger partial charge in [0.2, 0.25) is 0 Å². The molecule has 0 heterocycles. The number of carbonyl (C=O) groups excluding carboxylic acids is 3. The number of rotatable bonds is 21. The number of nitrogens with two attached hydrogens (primary N) is 2. The maximum absolute atomic E-state index is 12.2. The minimum atomic E-state index is -0.502. The molecule has 0 aliphatic rings. The standard InChI is InChI=1S/C38H48N2O7/c1-2-3-13-36(41)46-34-19-21-35(22-20-34)47-37(42)23-16-29-14-17-33(18-15-29)44-24-11-9-7-5-4-6-8-10-12-25-45-38(43)30-26-31(39)28-32(40)27-30/h14-23,26-28H,2-13,24-25,39-40H2,1H3. The number of hydrogen-bond donors (Lipinski definition) is 2. The van der Waals surface area contributed by atoms with Gasteiger partial charge >= 0.3 is 17.9 Å². The number of carbonyl (C=O) groups is 3. The van der Waals surface area contributed by atoms with Crippen molar-refractivity contribution < 1.29 is 33.3 Å². The van der Waals surface area contributed by atoms with E-state index in [1.807, 2.05) is 31.2 Å². The summed E-state index contributed by atoms with van der Waals surface area (Å²) in [5, 5.41) is 0. The largest absolute Gasteiger partial charge is 0.494 e. The van der Waals surface area contributed by atoms with Crippen molar-refractivity contribution in [2.75, 3.05) is 24.7 Å². The molecule has 0 saturated carbocycles. The second-order valence-electron chi connectivity index (χ2n) is 11.4. The Kier molecular flexibility index (Phi) is 16.5. The van der Waals surface area contributed by atoms with E-state index in [-0.39, 0.29) is 11.9 Å². The first-order chi connectivity index (χ1) is 22.8. The van der Waals surface area contributed by atoms with E-state index in [0.29, 0.717) is 48.1 Å². The molecule has 252 valence electrons. The van der Waals surface area contributed by atoms with Crippen molar-refractivity contribution >= 4 is 35.4 Å². The lowest BCUT2D eigenvalue weighted by Gasteiger charge is -2.07. The molecule has 0 unspecified atom stereocenters. The van der Waals surface area contributed by atoms with Gasteiger partial charge in [-0.05, 0) is 85.5 Å². The van der Waals surface area contributed by atoms with E-state index in [2.05, 4.69) is 0 Å². The fourth-order valence-electron chi connectivity index (χ4n) is 4.74. The normalized spacial score (nSPS) is 10.9. The number of anilines is 2.